The van der Waals surface area contributed by atoms with Gasteiger partial charge in [0, 0.05) is 53.7 Å². The van der Waals surface area contributed by atoms with Crippen LogP contribution in [0, 0.1) is 12.7 Å². The SMILES string of the molecule is Cc1ccc(F)c2c1NC(C(=O)Nc1cc(C(F)F)cc(N3CCC(N(C)C)CC3)c1)C2. The van der Waals surface area contributed by atoms with E-state index in [4.69, 9.17) is 0 Å². The average molecular weight is 447 g/mol. The topological polar surface area (TPSA) is 47.6 Å². The monoisotopic (exact) mass is 446 g/mol. The fourth-order valence-electron chi connectivity index (χ4n) is 4.61. The van der Waals surface area contributed by atoms with Gasteiger partial charge in [-0.05, 0) is 63.7 Å². The molecule has 2 heterocycles. The number of anilines is 3. The molecule has 2 aliphatic rings. The Bertz CT molecular complexity index is 972. The van der Waals surface area contributed by atoms with Crippen LogP contribution in [0.3, 0.4) is 0 Å². The quantitative estimate of drug-likeness (QED) is 0.706. The normalized spacial score (nSPS) is 18.8. The molecule has 32 heavy (non-hydrogen) atoms. The molecular weight excluding hydrogens is 417 g/mol. The molecule has 1 saturated heterocycles. The summed E-state index contributed by atoms with van der Waals surface area (Å²) >= 11 is 0. The fourth-order valence-corrected chi connectivity index (χ4v) is 4.61. The van der Waals surface area contributed by atoms with Gasteiger partial charge in [-0.15, -0.1) is 0 Å². The Morgan fingerprint density at radius 2 is 1.91 bits per heavy atom. The molecule has 1 atom stereocenters. The van der Waals surface area contributed by atoms with Crippen LogP contribution < -0.4 is 15.5 Å². The summed E-state index contributed by atoms with van der Waals surface area (Å²) in [6.45, 7) is 3.38. The van der Waals surface area contributed by atoms with Crippen LogP contribution in [0.4, 0.5) is 30.2 Å². The molecule has 0 radical (unpaired) electrons. The number of hydrogen-bond donors (Lipinski definition) is 2. The van der Waals surface area contributed by atoms with Crippen molar-refractivity contribution < 1.29 is 18.0 Å². The molecule has 4 rings (SSSR count). The molecule has 2 aromatic rings. The number of fused-ring (bicyclic) bond motifs is 1. The van der Waals surface area contributed by atoms with E-state index in [-0.39, 0.29) is 23.7 Å². The molecule has 1 amide bonds. The molecule has 2 aliphatic heterocycles. The summed E-state index contributed by atoms with van der Waals surface area (Å²) in [6, 6.07) is 7.43. The number of aryl methyl sites for hydroxylation is 1. The van der Waals surface area contributed by atoms with Gasteiger partial charge >= 0.3 is 0 Å². The molecule has 8 heteroatoms. The van der Waals surface area contributed by atoms with Crippen molar-refractivity contribution in [1.82, 2.24) is 4.90 Å². The predicted octanol–water partition coefficient (Wildman–Crippen LogP) is 4.58. The lowest BCUT2D eigenvalue weighted by Gasteiger charge is -2.36. The summed E-state index contributed by atoms with van der Waals surface area (Å²) in [5.41, 5.74) is 2.86. The highest BCUT2D eigenvalue weighted by molar-refractivity contribution is 5.98. The minimum atomic E-state index is -2.64. The van der Waals surface area contributed by atoms with Crippen LogP contribution in [0.5, 0.6) is 0 Å². The maximum atomic E-state index is 14.1. The van der Waals surface area contributed by atoms with Crippen LogP contribution in [-0.4, -0.2) is 50.1 Å². The lowest BCUT2D eigenvalue weighted by atomic mass is 10.0. The number of alkyl halides is 2. The molecule has 0 saturated carbocycles. The Hall–Kier alpha value is -2.74. The van der Waals surface area contributed by atoms with Crippen LogP contribution in [0.25, 0.3) is 0 Å². The number of carbonyl (C=O) groups is 1. The van der Waals surface area contributed by atoms with E-state index in [1.807, 2.05) is 21.0 Å². The highest BCUT2D eigenvalue weighted by atomic mass is 19.3. The molecule has 5 nitrogen and oxygen atoms in total. The van der Waals surface area contributed by atoms with Crippen molar-refractivity contribution in [2.45, 2.75) is 44.7 Å². The zero-order chi connectivity index (χ0) is 23.0. The van der Waals surface area contributed by atoms with Crippen molar-refractivity contribution in [2.24, 2.45) is 0 Å². The number of benzene rings is 2. The lowest BCUT2D eigenvalue weighted by molar-refractivity contribution is -0.116. The number of nitrogens with one attached hydrogen (secondary N) is 2. The number of nitrogens with zero attached hydrogens (tertiary/aromatic N) is 2. The zero-order valence-electron chi connectivity index (χ0n) is 18.6. The van der Waals surface area contributed by atoms with Crippen LogP contribution in [0.1, 0.15) is 36.0 Å². The van der Waals surface area contributed by atoms with Gasteiger partial charge in [-0.2, -0.15) is 0 Å². The highest BCUT2D eigenvalue weighted by Gasteiger charge is 2.30. The average Bonchev–Trinajstić information content (AvgIpc) is 3.23. The van der Waals surface area contributed by atoms with Crippen molar-refractivity contribution in [3.8, 4) is 0 Å². The first kappa shape index (κ1) is 22.5. The van der Waals surface area contributed by atoms with Gasteiger partial charge in [0.2, 0.25) is 5.91 Å². The maximum Gasteiger partial charge on any atom is 0.263 e. The minimum Gasteiger partial charge on any atom is -0.373 e. The molecule has 0 spiro atoms. The first-order valence-electron chi connectivity index (χ1n) is 10.9. The van der Waals surface area contributed by atoms with Crippen molar-refractivity contribution in [3.63, 3.8) is 0 Å². The van der Waals surface area contributed by atoms with E-state index in [9.17, 15) is 18.0 Å². The van der Waals surface area contributed by atoms with Crippen molar-refractivity contribution in [3.05, 3.63) is 52.8 Å². The third-order valence-corrected chi connectivity index (χ3v) is 6.53. The van der Waals surface area contributed by atoms with Crippen LogP contribution in [0.2, 0.25) is 0 Å². The van der Waals surface area contributed by atoms with Gasteiger partial charge in [-0.3, -0.25) is 4.79 Å². The van der Waals surface area contributed by atoms with E-state index in [1.54, 1.807) is 12.1 Å². The predicted molar refractivity (Wildman–Crippen MR) is 121 cm³/mol. The number of halogens is 3. The second-order valence-corrected chi connectivity index (χ2v) is 8.90. The number of rotatable bonds is 5. The fraction of sp³-hybridized carbons (Fsp3) is 0.458. The Labute approximate surface area is 186 Å². The molecule has 0 bridgehead atoms. The third kappa shape index (κ3) is 4.55. The van der Waals surface area contributed by atoms with E-state index < -0.39 is 12.5 Å². The standard InChI is InChI=1S/C24H29F3N4O/c1-14-4-5-20(25)19-13-21(29-22(14)19)24(32)28-16-10-15(23(26)27)11-18(12-16)31-8-6-17(7-9-31)30(2)3/h4-5,10-12,17,21,23,29H,6-9,13H2,1-3H3,(H,28,32). The zero-order valence-corrected chi connectivity index (χ0v) is 18.6. The van der Waals surface area contributed by atoms with Crippen LogP contribution in [-0.2, 0) is 11.2 Å². The van der Waals surface area contributed by atoms with Crippen LogP contribution >= 0.6 is 0 Å². The molecule has 1 fully saturated rings. The molecule has 172 valence electrons. The number of carbonyl (C=O) groups excluding carboxylic acids is 1. The van der Waals surface area contributed by atoms with Crippen LogP contribution in [0.15, 0.2) is 30.3 Å². The van der Waals surface area contributed by atoms with Gasteiger partial charge in [0.05, 0.1) is 0 Å². The Morgan fingerprint density at radius 1 is 1.19 bits per heavy atom. The number of hydrogen-bond acceptors (Lipinski definition) is 4. The van der Waals surface area contributed by atoms with Gasteiger partial charge < -0.3 is 20.4 Å². The van der Waals surface area contributed by atoms with E-state index in [0.717, 1.165) is 31.5 Å². The summed E-state index contributed by atoms with van der Waals surface area (Å²) in [5, 5.41) is 5.85. The summed E-state index contributed by atoms with van der Waals surface area (Å²) in [4.78, 5) is 17.2. The third-order valence-electron chi connectivity index (χ3n) is 6.53. The summed E-state index contributed by atoms with van der Waals surface area (Å²) in [5.74, 6) is -0.722. The van der Waals surface area contributed by atoms with Gasteiger partial charge in [-0.1, -0.05) is 6.07 Å². The molecule has 0 aromatic heterocycles. The first-order valence-corrected chi connectivity index (χ1v) is 10.9. The van der Waals surface area contributed by atoms with E-state index in [2.05, 4.69) is 20.4 Å². The summed E-state index contributed by atoms with van der Waals surface area (Å²) < 4.78 is 41.3. The number of piperidine rings is 1. The van der Waals surface area contributed by atoms with E-state index >= 15 is 0 Å². The Kier molecular flexibility index (Phi) is 6.33. The Morgan fingerprint density at radius 3 is 2.53 bits per heavy atom. The van der Waals surface area contributed by atoms with Gasteiger partial charge in [-0.25, -0.2) is 13.2 Å². The smallest absolute Gasteiger partial charge is 0.263 e. The molecule has 1 unspecified atom stereocenters. The first-order chi connectivity index (χ1) is 15.2. The van der Waals surface area contributed by atoms with E-state index in [1.165, 1.54) is 18.2 Å². The summed E-state index contributed by atoms with van der Waals surface area (Å²) in [6.07, 6.45) is -0.532. The van der Waals surface area contributed by atoms with Gasteiger partial charge in [0.25, 0.3) is 6.43 Å². The molecule has 0 aliphatic carbocycles. The van der Waals surface area contributed by atoms with E-state index in [0.29, 0.717) is 28.7 Å². The molecule has 2 N–H and O–H groups in total. The summed E-state index contributed by atoms with van der Waals surface area (Å²) in [7, 11) is 4.10. The van der Waals surface area contributed by atoms with Crippen molar-refractivity contribution in [2.75, 3.05) is 42.7 Å². The highest BCUT2D eigenvalue weighted by Crippen LogP contribution is 2.33. The van der Waals surface area contributed by atoms with Crippen molar-refractivity contribution >= 4 is 23.0 Å². The van der Waals surface area contributed by atoms with Crippen molar-refractivity contribution in [1.29, 1.82) is 0 Å². The van der Waals surface area contributed by atoms with Gasteiger partial charge in [0.1, 0.15) is 11.9 Å². The lowest BCUT2D eigenvalue weighted by Crippen LogP contribution is -2.42. The maximum absolute atomic E-state index is 14.1. The minimum absolute atomic E-state index is 0.128. The largest absolute Gasteiger partial charge is 0.373 e. The second kappa shape index (κ2) is 9.02. The molecule has 2 aromatic carbocycles. The second-order valence-electron chi connectivity index (χ2n) is 8.90. The van der Waals surface area contributed by atoms with Gasteiger partial charge in [0.15, 0.2) is 0 Å². The molecular formula is C24H29F3N4O. The number of amides is 1. The Balaban J connectivity index is 1.51.